The third-order valence-electron chi connectivity index (χ3n) is 10.6. The zero-order chi connectivity index (χ0) is 38.0. The maximum atomic E-state index is 12.4. The molecule has 0 aromatic rings. The number of carbonyl (C=O) groups excluding carboxylic acids is 2. The quantitative estimate of drug-likeness (QED) is 0.0329. The van der Waals surface area contributed by atoms with E-state index < -0.39 is 12.1 Å². The van der Waals surface area contributed by atoms with Crippen molar-refractivity contribution in [3.63, 3.8) is 0 Å². The number of esters is 1. The molecule has 0 aliphatic carbocycles. The average Bonchev–Trinajstić information content (AvgIpc) is 3.14. The summed E-state index contributed by atoms with van der Waals surface area (Å²) in [5.41, 5.74) is 0. The van der Waals surface area contributed by atoms with Crippen molar-refractivity contribution in [3.05, 3.63) is 12.2 Å². The molecule has 0 aromatic carbocycles. The van der Waals surface area contributed by atoms with E-state index in [4.69, 9.17) is 4.74 Å². The van der Waals surface area contributed by atoms with Crippen molar-refractivity contribution in [2.45, 2.75) is 257 Å². The van der Waals surface area contributed by atoms with Crippen LogP contribution in [0.15, 0.2) is 12.2 Å². The highest BCUT2D eigenvalue weighted by atomic mass is 16.5. The lowest BCUT2D eigenvalue weighted by Gasteiger charge is -2.22. The van der Waals surface area contributed by atoms with Crippen LogP contribution >= 0.6 is 0 Å². The van der Waals surface area contributed by atoms with E-state index in [2.05, 4.69) is 31.3 Å². The minimum absolute atomic E-state index is 0.0346. The molecule has 0 fully saturated rings. The molecule has 0 spiro atoms. The zero-order valence-corrected chi connectivity index (χ0v) is 34.8. The van der Waals surface area contributed by atoms with Crippen molar-refractivity contribution in [1.82, 2.24) is 5.32 Å². The van der Waals surface area contributed by atoms with Crippen molar-refractivity contribution in [1.29, 1.82) is 0 Å². The highest BCUT2D eigenvalue weighted by Crippen LogP contribution is 2.15. The van der Waals surface area contributed by atoms with Gasteiger partial charge in [-0.05, 0) is 51.4 Å². The molecule has 3 N–H and O–H groups in total. The topological polar surface area (TPSA) is 95.9 Å². The number of amides is 1. The van der Waals surface area contributed by atoms with Gasteiger partial charge >= 0.3 is 5.97 Å². The number of ether oxygens (including phenoxy) is 1. The predicted molar refractivity (Wildman–Crippen MR) is 223 cm³/mol. The Morgan fingerprint density at radius 2 is 0.904 bits per heavy atom. The van der Waals surface area contributed by atoms with Crippen molar-refractivity contribution >= 4 is 11.9 Å². The van der Waals surface area contributed by atoms with Crippen molar-refractivity contribution in [3.8, 4) is 0 Å². The summed E-state index contributed by atoms with van der Waals surface area (Å²) in [5.74, 6) is -0.106. The highest BCUT2D eigenvalue weighted by molar-refractivity contribution is 5.76. The molecule has 308 valence electrons. The summed E-state index contributed by atoms with van der Waals surface area (Å²) in [5, 5.41) is 23.1. The molecular formula is C46H89NO5. The number of allylic oxidation sites excluding steroid dienone is 2. The maximum Gasteiger partial charge on any atom is 0.305 e. The summed E-state index contributed by atoms with van der Waals surface area (Å²) in [4.78, 5) is 24.4. The third kappa shape index (κ3) is 38.3. The van der Waals surface area contributed by atoms with Crippen LogP contribution in [0.2, 0.25) is 0 Å². The molecule has 52 heavy (non-hydrogen) atoms. The van der Waals surface area contributed by atoms with Gasteiger partial charge < -0.3 is 20.3 Å². The predicted octanol–water partition coefficient (Wildman–Crippen LogP) is 13.0. The number of aliphatic hydroxyl groups excluding tert-OH is 2. The fraction of sp³-hybridized carbons (Fsp3) is 0.913. The van der Waals surface area contributed by atoms with Gasteiger partial charge in [-0.25, -0.2) is 0 Å². The van der Waals surface area contributed by atoms with Gasteiger partial charge in [0.2, 0.25) is 5.91 Å². The van der Waals surface area contributed by atoms with Gasteiger partial charge in [0.05, 0.1) is 25.4 Å². The van der Waals surface area contributed by atoms with Crippen LogP contribution in [-0.4, -0.2) is 47.4 Å². The highest BCUT2D eigenvalue weighted by Gasteiger charge is 2.20. The van der Waals surface area contributed by atoms with E-state index >= 15 is 0 Å². The Morgan fingerprint density at radius 3 is 1.37 bits per heavy atom. The molecule has 6 heteroatoms. The standard InChI is InChI=1S/C46H89NO5/c1-3-5-7-9-11-13-15-16-17-19-24-28-32-36-40-46(51)52-41-37-33-29-25-21-20-23-27-31-35-39-45(50)47-43(42-48)44(49)38-34-30-26-22-18-14-12-10-8-6-4-2/h21,25,43-44,48-49H,3-20,22-24,26-42H2,1-2H3,(H,47,50)/b25-21-. The molecule has 0 saturated carbocycles. The van der Waals surface area contributed by atoms with Crippen LogP contribution in [0, 0.1) is 0 Å². The fourth-order valence-electron chi connectivity index (χ4n) is 6.98. The van der Waals surface area contributed by atoms with E-state index in [0.717, 1.165) is 77.0 Å². The Hall–Kier alpha value is -1.40. The van der Waals surface area contributed by atoms with Gasteiger partial charge in [0.15, 0.2) is 0 Å². The summed E-state index contributed by atoms with van der Waals surface area (Å²) >= 11 is 0. The van der Waals surface area contributed by atoms with Crippen LogP contribution in [0.25, 0.3) is 0 Å². The number of rotatable bonds is 42. The molecule has 0 saturated heterocycles. The first-order valence-electron chi connectivity index (χ1n) is 22.9. The number of aliphatic hydroxyl groups is 2. The average molecular weight is 736 g/mol. The Kier molecular flexibility index (Phi) is 41.2. The van der Waals surface area contributed by atoms with Crippen LogP contribution < -0.4 is 5.32 Å². The molecule has 0 radical (unpaired) electrons. The van der Waals surface area contributed by atoms with E-state index in [1.54, 1.807) is 0 Å². The van der Waals surface area contributed by atoms with Gasteiger partial charge in [-0.15, -0.1) is 0 Å². The van der Waals surface area contributed by atoms with E-state index in [9.17, 15) is 19.8 Å². The number of nitrogens with one attached hydrogen (secondary N) is 1. The lowest BCUT2D eigenvalue weighted by molar-refractivity contribution is -0.143. The summed E-state index contributed by atoms with van der Waals surface area (Å²) < 4.78 is 5.42. The second-order valence-electron chi connectivity index (χ2n) is 15.7. The van der Waals surface area contributed by atoms with Gasteiger partial charge in [-0.1, -0.05) is 193 Å². The summed E-state index contributed by atoms with van der Waals surface area (Å²) in [6.45, 7) is 4.85. The molecule has 0 rings (SSSR count). The van der Waals surface area contributed by atoms with Crippen LogP contribution in [-0.2, 0) is 14.3 Å². The maximum absolute atomic E-state index is 12.4. The number of hydrogen-bond acceptors (Lipinski definition) is 5. The molecule has 0 aliphatic heterocycles. The second kappa shape index (κ2) is 42.3. The van der Waals surface area contributed by atoms with E-state index in [0.29, 0.717) is 25.9 Å². The zero-order valence-electron chi connectivity index (χ0n) is 34.8. The summed E-state index contributed by atoms with van der Waals surface area (Å²) in [7, 11) is 0. The lowest BCUT2D eigenvalue weighted by Crippen LogP contribution is -2.45. The Bertz CT molecular complexity index is 772. The van der Waals surface area contributed by atoms with Gasteiger partial charge in [0.25, 0.3) is 0 Å². The normalized spacial score (nSPS) is 12.8. The van der Waals surface area contributed by atoms with Crippen LogP contribution in [0.1, 0.15) is 245 Å². The van der Waals surface area contributed by atoms with Gasteiger partial charge in [-0.3, -0.25) is 9.59 Å². The van der Waals surface area contributed by atoms with E-state index in [-0.39, 0.29) is 18.5 Å². The smallest absolute Gasteiger partial charge is 0.305 e. The first-order chi connectivity index (χ1) is 25.5. The second-order valence-corrected chi connectivity index (χ2v) is 15.7. The number of unbranched alkanes of at least 4 members (excludes halogenated alkanes) is 29. The summed E-state index contributed by atoms with van der Waals surface area (Å²) in [6, 6.07) is -0.563. The van der Waals surface area contributed by atoms with Crippen LogP contribution in [0.3, 0.4) is 0 Å². The Balaban J connectivity index is 3.52. The van der Waals surface area contributed by atoms with Crippen LogP contribution in [0.5, 0.6) is 0 Å². The fourth-order valence-corrected chi connectivity index (χ4v) is 6.98. The molecule has 0 bridgehead atoms. The molecular weight excluding hydrogens is 647 g/mol. The molecule has 0 aromatic heterocycles. The molecule has 1 amide bonds. The first kappa shape index (κ1) is 50.6. The van der Waals surface area contributed by atoms with Gasteiger partial charge in [0.1, 0.15) is 0 Å². The van der Waals surface area contributed by atoms with E-state index in [1.807, 2.05) is 0 Å². The van der Waals surface area contributed by atoms with Crippen LogP contribution in [0.4, 0.5) is 0 Å². The minimum atomic E-state index is -0.682. The van der Waals surface area contributed by atoms with E-state index in [1.165, 1.54) is 135 Å². The van der Waals surface area contributed by atoms with Gasteiger partial charge in [-0.2, -0.15) is 0 Å². The van der Waals surface area contributed by atoms with Crippen molar-refractivity contribution in [2.24, 2.45) is 0 Å². The SMILES string of the molecule is CCCCCCCCCCCCCCCCC(=O)OCCCC/C=C\CCCCCCC(=O)NC(CO)C(O)CCCCCCCCCCCCC. The molecule has 2 unspecified atom stereocenters. The minimum Gasteiger partial charge on any atom is -0.466 e. The summed E-state index contributed by atoms with van der Waals surface area (Å²) in [6.07, 6.45) is 46.0. The number of carbonyl (C=O) groups is 2. The first-order valence-corrected chi connectivity index (χ1v) is 22.9. The molecule has 6 nitrogen and oxygen atoms in total. The van der Waals surface area contributed by atoms with Crippen molar-refractivity contribution < 1.29 is 24.5 Å². The monoisotopic (exact) mass is 736 g/mol. The third-order valence-corrected chi connectivity index (χ3v) is 10.6. The Labute approximate surface area is 323 Å². The molecule has 2 atom stereocenters. The molecule has 0 heterocycles. The van der Waals surface area contributed by atoms with Crippen molar-refractivity contribution in [2.75, 3.05) is 13.2 Å². The largest absolute Gasteiger partial charge is 0.466 e. The Morgan fingerprint density at radius 1 is 0.519 bits per heavy atom. The molecule has 0 aliphatic rings. The lowest BCUT2D eigenvalue weighted by atomic mass is 10.0. The number of hydrogen-bond donors (Lipinski definition) is 3. The van der Waals surface area contributed by atoms with Gasteiger partial charge in [0, 0.05) is 12.8 Å².